The highest BCUT2D eigenvalue weighted by Gasteiger charge is 2.31. The topological polar surface area (TPSA) is 51.3 Å². The van der Waals surface area contributed by atoms with Gasteiger partial charge >= 0.3 is 0 Å². The Morgan fingerprint density at radius 3 is 2.68 bits per heavy atom. The lowest BCUT2D eigenvalue weighted by Gasteiger charge is -2.21. The second-order valence-electron chi connectivity index (χ2n) is 7.38. The zero-order chi connectivity index (χ0) is 19.7. The Labute approximate surface area is 165 Å². The summed E-state index contributed by atoms with van der Waals surface area (Å²) < 4.78 is 7.41. The Kier molecular flexibility index (Phi) is 4.90. The van der Waals surface area contributed by atoms with Crippen molar-refractivity contribution in [3.63, 3.8) is 0 Å². The fraction of sp³-hybridized carbons (Fsp3) is 0.304. The van der Waals surface area contributed by atoms with E-state index in [9.17, 15) is 4.79 Å². The summed E-state index contributed by atoms with van der Waals surface area (Å²) in [4.78, 5) is 14.7. The molecule has 1 fully saturated rings. The first kappa shape index (κ1) is 18.3. The second kappa shape index (κ2) is 7.50. The van der Waals surface area contributed by atoms with Gasteiger partial charge in [-0.2, -0.15) is 0 Å². The van der Waals surface area contributed by atoms with Crippen LogP contribution in [0.3, 0.4) is 0 Å². The average Bonchev–Trinajstić information content (AvgIpc) is 3.40. The summed E-state index contributed by atoms with van der Waals surface area (Å²) in [5.41, 5.74) is 5.30. The molecular weight excluding hydrogens is 350 g/mol. The van der Waals surface area contributed by atoms with Crippen molar-refractivity contribution < 1.29 is 9.32 Å². The molecule has 1 aliphatic rings. The first-order valence-electron chi connectivity index (χ1n) is 9.71. The van der Waals surface area contributed by atoms with Crippen LogP contribution in [0.5, 0.6) is 0 Å². The van der Waals surface area contributed by atoms with E-state index >= 15 is 0 Å². The van der Waals surface area contributed by atoms with Crippen molar-refractivity contribution in [3.05, 3.63) is 76.9 Å². The molecule has 1 aromatic carbocycles. The second-order valence-corrected chi connectivity index (χ2v) is 7.38. The number of rotatable bonds is 4. The first-order chi connectivity index (χ1) is 13.5. The van der Waals surface area contributed by atoms with E-state index in [4.69, 9.17) is 4.52 Å². The molecule has 2 aromatic heterocycles. The molecule has 1 aliphatic heterocycles. The maximum Gasteiger partial charge on any atom is 0.247 e. The predicted octanol–water partition coefficient (Wildman–Crippen LogP) is 4.77. The van der Waals surface area contributed by atoms with Crippen molar-refractivity contribution in [1.82, 2.24) is 14.6 Å². The number of aryl methyl sites for hydroxylation is 2. The molecule has 0 saturated carbocycles. The molecule has 0 spiro atoms. The maximum absolute atomic E-state index is 12.9. The number of aromatic nitrogens is 2. The highest BCUT2D eigenvalue weighted by molar-refractivity contribution is 5.92. The summed E-state index contributed by atoms with van der Waals surface area (Å²) in [5.74, 6) is 0.797. The molecule has 1 amide bonds. The standard InChI is InChI=1S/C23H25N3O2/c1-16-14-19(18(3)26(16)20-8-5-4-6-9-20)11-12-23(27)25-13-7-10-22(25)21-15-17(2)28-24-21/h4-6,8-9,11-12,14-15,22H,7,10,13H2,1-3H3/b12-11+. The largest absolute Gasteiger partial charge is 0.361 e. The smallest absolute Gasteiger partial charge is 0.247 e. The number of benzene rings is 1. The molecular formula is C23H25N3O2. The van der Waals surface area contributed by atoms with Gasteiger partial charge in [-0.15, -0.1) is 0 Å². The van der Waals surface area contributed by atoms with Crippen LogP contribution in [0.4, 0.5) is 0 Å². The quantitative estimate of drug-likeness (QED) is 0.617. The molecule has 3 aromatic rings. The molecule has 28 heavy (non-hydrogen) atoms. The summed E-state index contributed by atoms with van der Waals surface area (Å²) in [5, 5.41) is 4.12. The van der Waals surface area contributed by atoms with Gasteiger partial charge in [0.05, 0.1) is 6.04 Å². The molecule has 3 heterocycles. The van der Waals surface area contributed by atoms with Crippen LogP contribution in [0, 0.1) is 20.8 Å². The normalized spacial score (nSPS) is 17.0. The van der Waals surface area contributed by atoms with E-state index in [0.29, 0.717) is 0 Å². The van der Waals surface area contributed by atoms with Gasteiger partial charge in [0, 0.05) is 35.8 Å². The number of hydrogen-bond acceptors (Lipinski definition) is 3. The Morgan fingerprint density at radius 1 is 1.18 bits per heavy atom. The Hall–Kier alpha value is -3.08. The van der Waals surface area contributed by atoms with Gasteiger partial charge in [0.25, 0.3) is 0 Å². The van der Waals surface area contributed by atoms with Crippen molar-refractivity contribution >= 4 is 12.0 Å². The van der Waals surface area contributed by atoms with Crippen LogP contribution < -0.4 is 0 Å². The van der Waals surface area contributed by atoms with Crippen LogP contribution >= 0.6 is 0 Å². The van der Waals surface area contributed by atoms with E-state index in [1.54, 1.807) is 6.08 Å². The number of hydrogen-bond donors (Lipinski definition) is 0. The molecule has 0 aliphatic carbocycles. The van der Waals surface area contributed by atoms with Gasteiger partial charge in [-0.1, -0.05) is 23.4 Å². The van der Waals surface area contributed by atoms with Crippen molar-refractivity contribution in [2.75, 3.05) is 6.54 Å². The highest BCUT2D eigenvalue weighted by Crippen LogP contribution is 2.32. The monoisotopic (exact) mass is 375 g/mol. The fourth-order valence-corrected chi connectivity index (χ4v) is 4.07. The molecule has 1 unspecified atom stereocenters. The van der Waals surface area contributed by atoms with Crippen molar-refractivity contribution in [1.29, 1.82) is 0 Å². The van der Waals surface area contributed by atoms with E-state index in [1.165, 1.54) is 0 Å². The van der Waals surface area contributed by atoms with E-state index < -0.39 is 0 Å². The molecule has 1 saturated heterocycles. The lowest BCUT2D eigenvalue weighted by atomic mass is 10.1. The van der Waals surface area contributed by atoms with Crippen molar-refractivity contribution in [3.8, 4) is 5.69 Å². The third-order valence-electron chi connectivity index (χ3n) is 5.41. The number of nitrogens with zero attached hydrogens (tertiary/aromatic N) is 3. The number of carbonyl (C=O) groups excluding carboxylic acids is 1. The van der Waals surface area contributed by atoms with Crippen LogP contribution in [0.2, 0.25) is 0 Å². The third kappa shape index (κ3) is 3.40. The number of likely N-dealkylation sites (tertiary alicyclic amines) is 1. The Morgan fingerprint density at radius 2 is 1.96 bits per heavy atom. The molecule has 0 radical (unpaired) electrons. The summed E-state index contributed by atoms with van der Waals surface area (Å²) in [7, 11) is 0. The summed E-state index contributed by atoms with van der Waals surface area (Å²) in [6.07, 6.45) is 5.52. The zero-order valence-corrected chi connectivity index (χ0v) is 16.6. The van der Waals surface area contributed by atoms with Gasteiger partial charge in [0.15, 0.2) is 0 Å². The van der Waals surface area contributed by atoms with Gasteiger partial charge in [-0.05, 0) is 63.5 Å². The fourth-order valence-electron chi connectivity index (χ4n) is 4.07. The number of amides is 1. The summed E-state index contributed by atoms with van der Waals surface area (Å²) in [6.45, 7) is 6.80. The molecule has 0 N–H and O–H groups in total. The van der Waals surface area contributed by atoms with Gasteiger partial charge < -0.3 is 14.0 Å². The number of para-hydroxylation sites is 1. The Bertz CT molecular complexity index is 1010. The van der Waals surface area contributed by atoms with Crippen LogP contribution in [0.15, 0.2) is 53.1 Å². The lowest BCUT2D eigenvalue weighted by molar-refractivity contribution is -0.126. The molecule has 4 rings (SSSR count). The van der Waals surface area contributed by atoms with Gasteiger partial charge in [-0.3, -0.25) is 4.79 Å². The maximum atomic E-state index is 12.9. The molecule has 5 nitrogen and oxygen atoms in total. The van der Waals surface area contributed by atoms with Crippen molar-refractivity contribution in [2.24, 2.45) is 0 Å². The summed E-state index contributed by atoms with van der Waals surface area (Å²) in [6, 6.07) is 14.3. The first-order valence-corrected chi connectivity index (χ1v) is 9.71. The lowest BCUT2D eigenvalue weighted by Crippen LogP contribution is -2.29. The van der Waals surface area contributed by atoms with E-state index in [0.717, 1.165) is 53.5 Å². The van der Waals surface area contributed by atoms with E-state index in [2.05, 4.69) is 41.8 Å². The van der Waals surface area contributed by atoms with Crippen molar-refractivity contribution in [2.45, 2.75) is 39.7 Å². The van der Waals surface area contributed by atoms with E-state index in [-0.39, 0.29) is 11.9 Å². The van der Waals surface area contributed by atoms with Gasteiger partial charge in [0.2, 0.25) is 5.91 Å². The van der Waals surface area contributed by atoms with Crippen LogP contribution in [0.1, 0.15) is 47.3 Å². The van der Waals surface area contributed by atoms with Gasteiger partial charge in [-0.25, -0.2) is 0 Å². The van der Waals surface area contributed by atoms with Crippen LogP contribution in [-0.4, -0.2) is 27.1 Å². The van der Waals surface area contributed by atoms with Crippen LogP contribution in [-0.2, 0) is 4.79 Å². The average molecular weight is 375 g/mol. The molecule has 5 heteroatoms. The molecule has 1 atom stereocenters. The zero-order valence-electron chi connectivity index (χ0n) is 16.6. The highest BCUT2D eigenvalue weighted by atomic mass is 16.5. The number of carbonyl (C=O) groups is 1. The third-order valence-corrected chi connectivity index (χ3v) is 5.41. The summed E-state index contributed by atoms with van der Waals surface area (Å²) >= 11 is 0. The SMILES string of the molecule is Cc1cc(C2CCCN2C(=O)/C=C/c2cc(C)n(-c3ccccc3)c2C)no1. The molecule has 0 bridgehead atoms. The minimum absolute atomic E-state index is 0.00588. The van der Waals surface area contributed by atoms with Crippen LogP contribution in [0.25, 0.3) is 11.8 Å². The van der Waals surface area contributed by atoms with Gasteiger partial charge in [0.1, 0.15) is 11.5 Å². The predicted molar refractivity (Wildman–Crippen MR) is 109 cm³/mol. The van der Waals surface area contributed by atoms with E-state index in [1.807, 2.05) is 42.2 Å². The minimum Gasteiger partial charge on any atom is -0.361 e. The minimum atomic E-state index is 0.00588. The Balaban J connectivity index is 1.55. The molecule has 144 valence electrons.